The zero-order chi connectivity index (χ0) is 19.4. The summed E-state index contributed by atoms with van der Waals surface area (Å²) < 4.78 is 1.59. The minimum absolute atomic E-state index is 0.239. The molecule has 1 amide bonds. The summed E-state index contributed by atoms with van der Waals surface area (Å²) in [5.41, 5.74) is 12.6. The first kappa shape index (κ1) is 19.6. The van der Waals surface area contributed by atoms with Crippen molar-refractivity contribution in [2.75, 3.05) is 11.1 Å². The summed E-state index contributed by atoms with van der Waals surface area (Å²) >= 11 is 9.38. The Morgan fingerprint density at radius 2 is 2.08 bits per heavy atom. The molecule has 0 radical (unpaired) electrons. The number of rotatable bonds is 6. The molecule has 1 heterocycles. The Labute approximate surface area is 163 Å². The van der Waals surface area contributed by atoms with Gasteiger partial charge in [0.05, 0.1) is 20.7 Å². The Morgan fingerprint density at radius 1 is 1.38 bits per heavy atom. The highest BCUT2D eigenvalue weighted by Gasteiger charge is 2.11. The maximum Gasteiger partial charge on any atom is 0.271 e. The van der Waals surface area contributed by atoms with Crippen molar-refractivity contribution in [1.82, 2.24) is 15.4 Å². The SMILES string of the molecule is C=Cc1c(N)ccc(NC(=C)NNC(=O)c2cc(Br)c(=O)n(C)c2)c1Cl. The molecule has 7 nitrogen and oxygen atoms in total. The van der Waals surface area contributed by atoms with E-state index in [1.807, 2.05) is 0 Å². The third kappa shape index (κ3) is 4.27. The van der Waals surface area contributed by atoms with Gasteiger partial charge < -0.3 is 15.6 Å². The number of carbonyl (C=O) groups excluding carboxylic acids is 1. The predicted molar refractivity (Wildman–Crippen MR) is 109 cm³/mol. The average molecular weight is 439 g/mol. The fourth-order valence-electron chi connectivity index (χ4n) is 2.11. The van der Waals surface area contributed by atoms with Crippen LogP contribution in [0.1, 0.15) is 15.9 Å². The number of nitrogens with zero attached hydrogens (tertiary/aromatic N) is 1. The molecule has 136 valence electrons. The van der Waals surface area contributed by atoms with Gasteiger partial charge in [-0.1, -0.05) is 30.8 Å². The number of nitrogens with one attached hydrogen (secondary N) is 3. The largest absolute Gasteiger partial charge is 0.398 e. The van der Waals surface area contributed by atoms with Gasteiger partial charge in [-0.05, 0) is 34.1 Å². The van der Waals surface area contributed by atoms with Crippen LogP contribution in [-0.2, 0) is 7.05 Å². The number of nitrogens with two attached hydrogens (primary N) is 1. The molecule has 5 N–H and O–H groups in total. The van der Waals surface area contributed by atoms with E-state index in [0.717, 1.165) is 0 Å². The number of hydrogen-bond acceptors (Lipinski definition) is 5. The molecule has 26 heavy (non-hydrogen) atoms. The lowest BCUT2D eigenvalue weighted by atomic mass is 10.1. The number of pyridine rings is 1. The fraction of sp³-hybridized carbons (Fsp3) is 0.0588. The van der Waals surface area contributed by atoms with Crippen LogP contribution >= 0.6 is 27.5 Å². The molecular formula is C17H17BrClN5O2. The highest BCUT2D eigenvalue weighted by atomic mass is 79.9. The van der Waals surface area contributed by atoms with E-state index in [1.165, 1.54) is 16.8 Å². The second kappa shape index (κ2) is 8.11. The quantitative estimate of drug-likeness (QED) is 0.410. The minimum Gasteiger partial charge on any atom is -0.398 e. The minimum atomic E-state index is -0.445. The van der Waals surface area contributed by atoms with Gasteiger partial charge in [-0.25, -0.2) is 0 Å². The van der Waals surface area contributed by atoms with E-state index in [2.05, 4.69) is 45.3 Å². The number of hydrogen-bond donors (Lipinski definition) is 4. The molecule has 0 atom stereocenters. The third-order valence-corrected chi connectivity index (χ3v) is 4.41. The monoisotopic (exact) mass is 437 g/mol. The molecule has 0 unspecified atom stereocenters. The Hall–Kier alpha value is -2.71. The number of anilines is 2. The normalized spacial score (nSPS) is 10.1. The zero-order valence-electron chi connectivity index (χ0n) is 13.9. The van der Waals surface area contributed by atoms with Gasteiger partial charge in [0.2, 0.25) is 0 Å². The van der Waals surface area contributed by atoms with Crippen molar-refractivity contribution in [2.45, 2.75) is 0 Å². The zero-order valence-corrected chi connectivity index (χ0v) is 16.2. The highest BCUT2D eigenvalue weighted by molar-refractivity contribution is 9.10. The van der Waals surface area contributed by atoms with Crippen LogP contribution in [0.3, 0.4) is 0 Å². The van der Waals surface area contributed by atoms with Gasteiger partial charge in [0.15, 0.2) is 0 Å². The van der Waals surface area contributed by atoms with Gasteiger partial charge in [0.25, 0.3) is 11.5 Å². The van der Waals surface area contributed by atoms with Crippen molar-refractivity contribution in [1.29, 1.82) is 0 Å². The third-order valence-electron chi connectivity index (χ3n) is 3.43. The lowest BCUT2D eigenvalue weighted by Gasteiger charge is -2.16. The molecular weight excluding hydrogens is 422 g/mol. The number of hydrazine groups is 1. The van der Waals surface area contributed by atoms with Crippen molar-refractivity contribution >= 4 is 50.9 Å². The molecule has 2 rings (SSSR count). The van der Waals surface area contributed by atoms with Crippen LogP contribution in [0.5, 0.6) is 0 Å². The topological polar surface area (TPSA) is 101 Å². The molecule has 0 spiro atoms. The Balaban J connectivity index is 2.04. The van der Waals surface area contributed by atoms with E-state index in [1.54, 1.807) is 25.3 Å². The maximum atomic E-state index is 12.2. The van der Waals surface area contributed by atoms with E-state index in [9.17, 15) is 9.59 Å². The first-order valence-corrected chi connectivity index (χ1v) is 8.50. The van der Waals surface area contributed by atoms with E-state index in [-0.39, 0.29) is 15.9 Å². The summed E-state index contributed by atoms with van der Waals surface area (Å²) in [6.45, 7) is 7.44. The first-order chi connectivity index (χ1) is 12.2. The second-order valence-corrected chi connectivity index (χ2v) is 6.54. The maximum absolute atomic E-state index is 12.2. The molecule has 0 fully saturated rings. The molecule has 0 bridgehead atoms. The predicted octanol–water partition coefficient (Wildman–Crippen LogP) is 2.84. The van der Waals surface area contributed by atoms with E-state index in [0.29, 0.717) is 27.5 Å². The van der Waals surface area contributed by atoms with Crippen molar-refractivity contribution in [2.24, 2.45) is 7.05 Å². The lowest BCUT2D eigenvalue weighted by molar-refractivity contribution is 0.0938. The van der Waals surface area contributed by atoms with Crippen LogP contribution in [0, 0.1) is 0 Å². The molecule has 0 aliphatic rings. The molecule has 2 aromatic rings. The van der Waals surface area contributed by atoms with Gasteiger partial charge in [0, 0.05) is 24.5 Å². The number of halogens is 2. The van der Waals surface area contributed by atoms with Gasteiger partial charge in [-0.3, -0.25) is 20.4 Å². The van der Waals surface area contributed by atoms with Crippen LogP contribution in [-0.4, -0.2) is 10.5 Å². The smallest absolute Gasteiger partial charge is 0.271 e. The van der Waals surface area contributed by atoms with Gasteiger partial charge in [-0.2, -0.15) is 0 Å². The average Bonchev–Trinajstić information content (AvgIpc) is 2.60. The Bertz CT molecular complexity index is 929. The molecule has 0 aliphatic carbocycles. The number of aryl methyl sites for hydroxylation is 1. The van der Waals surface area contributed by atoms with Crippen molar-refractivity contribution in [3.05, 3.63) is 74.4 Å². The van der Waals surface area contributed by atoms with Crippen LogP contribution in [0.4, 0.5) is 11.4 Å². The molecule has 0 saturated carbocycles. The summed E-state index contributed by atoms with van der Waals surface area (Å²) in [5, 5.41) is 3.32. The number of nitrogen functional groups attached to an aromatic ring is 1. The van der Waals surface area contributed by atoms with Gasteiger partial charge in [-0.15, -0.1) is 0 Å². The molecule has 0 saturated heterocycles. The van der Waals surface area contributed by atoms with Crippen molar-refractivity contribution in [3.63, 3.8) is 0 Å². The summed E-state index contributed by atoms with van der Waals surface area (Å²) in [4.78, 5) is 23.8. The van der Waals surface area contributed by atoms with E-state index in [4.69, 9.17) is 17.3 Å². The molecule has 1 aromatic heterocycles. The van der Waals surface area contributed by atoms with E-state index >= 15 is 0 Å². The van der Waals surface area contributed by atoms with Crippen LogP contribution in [0.2, 0.25) is 5.02 Å². The molecule has 9 heteroatoms. The second-order valence-electron chi connectivity index (χ2n) is 5.31. The Kier molecular flexibility index (Phi) is 6.12. The van der Waals surface area contributed by atoms with Crippen molar-refractivity contribution in [3.8, 4) is 0 Å². The van der Waals surface area contributed by atoms with Crippen LogP contribution < -0.4 is 27.5 Å². The van der Waals surface area contributed by atoms with Gasteiger partial charge in [0.1, 0.15) is 5.82 Å². The number of amides is 1. The lowest BCUT2D eigenvalue weighted by Crippen LogP contribution is -2.39. The summed E-state index contributed by atoms with van der Waals surface area (Å²) in [7, 11) is 1.55. The number of carbonyl (C=O) groups is 1. The van der Waals surface area contributed by atoms with Crippen LogP contribution in [0.25, 0.3) is 6.08 Å². The first-order valence-electron chi connectivity index (χ1n) is 7.33. The summed E-state index contributed by atoms with van der Waals surface area (Å²) in [6, 6.07) is 4.80. The summed E-state index contributed by atoms with van der Waals surface area (Å²) in [6.07, 6.45) is 2.98. The van der Waals surface area contributed by atoms with Gasteiger partial charge >= 0.3 is 0 Å². The van der Waals surface area contributed by atoms with E-state index < -0.39 is 5.91 Å². The number of benzene rings is 1. The highest BCUT2D eigenvalue weighted by Crippen LogP contribution is 2.31. The molecule has 0 aliphatic heterocycles. The van der Waals surface area contributed by atoms with Crippen molar-refractivity contribution < 1.29 is 4.79 Å². The number of aromatic nitrogens is 1. The summed E-state index contributed by atoms with van der Waals surface area (Å²) in [5.74, 6) is -0.164. The fourth-order valence-corrected chi connectivity index (χ4v) is 2.93. The van der Waals surface area contributed by atoms with Crippen LogP contribution in [0.15, 0.2) is 52.6 Å². The Morgan fingerprint density at radius 3 is 2.69 bits per heavy atom. The molecule has 1 aromatic carbocycles. The standard InChI is InChI=1S/C17H17BrClN5O2/c1-4-11-13(20)5-6-14(15(11)19)21-9(2)22-23-16(25)10-7-12(18)17(26)24(3)8-10/h4-8,21-22H,1-2,20H2,3H3,(H,23,25).